The zero-order chi connectivity index (χ0) is 22.8. The third-order valence-electron chi connectivity index (χ3n) is 5.50. The number of methoxy groups -OCH3 is 1. The number of rotatable bonds is 7. The molecule has 1 atom stereocenters. The minimum Gasteiger partial charge on any atom is -0.481 e. The lowest BCUT2D eigenvalue weighted by Gasteiger charge is -2.24. The number of hydrogen-bond acceptors (Lipinski definition) is 6. The molecule has 2 heterocycles. The fraction of sp³-hybridized carbons (Fsp3) is 0.286. The summed E-state index contributed by atoms with van der Waals surface area (Å²) in [6.07, 6.45) is 4.06. The molecular weight excluding hydrogens is 422 g/mol. The summed E-state index contributed by atoms with van der Waals surface area (Å²) < 4.78 is 28.9. The standard InChI is InChI=1S/C21H23N3O6S/c1-21(20(26)23-27,31(3,28)29)9-11-24-10-8-15-12-14(4-6-17(15)19(24)25)16-5-7-18(30-2)22-13-16/h4-8,10,12-13,27H,9,11H2,1-3H3,(H,23,26)/p+1/t21-/m1/s1. The van der Waals surface area contributed by atoms with E-state index in [0.29, 0.717) is 11.3 Å². The molecular formula is C21H24N3O6S+. The van der Waals surface area contributed by atoms with Crippen LogP contribution in [0, 0.1) is 0 Å². The second-order valence-corrected chi connectivity index (χ2v) is 9.86. The van der Waals surface area contributed by atoms with Crippen molar-refractivity contribution in [3.63, 3.8) is 0 Å². The van der Waals surface area contributed by atoms with E-state index in [1.54, 1.807) is 43.2 Å². The largest absolute Gasteiger partial charge is 0.481 e. The highest BCUT2D eigenvalue weighted by Crippen LogP contribution is 2.25. The molecule has 0 saturated heterocycles. The Morgan fingerprint density at radius 1 is 1.23 bits per heavy atom. The van der Waals surface area contributed by atoms with Crippen molar-refractivity contribution in [2.24, 2.45) is 0 Å². The second-order valence-electron chi connectivity index (χ2n) is 7.41. The van der Waals surface area contributed by atoms with Crippen LogP contribution in [0.3, 0.4) is 0 Å². The molecule has 0 fully saturated rings. The van der Waals surface area contributed by atoms with Crippen LogP contribution in [0.25, 0.3) is 21.9 Å². The number of hydroxylamine groups is 1. The summed E-state index contributed by atoms with van der Waals surface area (Å²) in [5.74, 6) is -0.422. The molecule has 3 aromatic rings. The maximum atomic E-state index is 12.9. The number of fused-ring (bicyclic) bond motifs is 1. The zero-order valence-corrected chi connectivity index (χ0v) is 18.2. The molecule has 0 aliphatic rings. The van der Waals surface area contributed by atoms with Crippen LogP contribution in [0.1, 0.15) is 13.3 Å². The van der Waals surface area contributed by atoms with Gasteiger partial charge in [-0.1, -0.05) is 6.07 Å². The van der Waals surface area contributed by atoms with Gasteiger partial charge < -0.3 is 14.5 Å². The van der Waals surface area contributed by atoms with Crippen LogP contribution in [0.5, 0.6) is 5.88 Å². The third-order valence-corrected chi connectivity index (χ3v) is 7.52. The average Bonchev–Trinajstić information content (AvgIpc) is 2.76. The monoisotopic (exact) mass is 446 g/mol. The smallest absolute Gasteiger partial charge is 0.304 e. The molecule has 31 heavy (non-hydrogen) atoms. The minimum atomic E-state index is -3.80. The van der Waals surface area contributed by atoms with E-state index in [0.717, 1.165) is 22.8 Å². The number of sulfone groups is 1. The fourth-order valence-electron chi connectivity index (χ4n) is 3.25. The maximum absolute atomic E-state index is 12.9. The van der Waals surface area contributed by atoms with E-state index in [2.05, 4.69) is 4.98 Å². The first kappa shape index (κ1) is 22.4. The third kappa shape index (κ3) is 4.30. The highest BCUT2D eigenvalue weighted by molar-refractivity contribution is 7.92. The number of nitrogens with zero attached hydrogens (tertiary/aromatic N) is 2. The van der Waals surface area contributed by atoms with Crippen molar-refractivity contribution in [3.05, 3.63) is 59.1 Å². The number of aromatic nitrogens is 2. The van der Waals surface area contributed by atoms with Crippen molar-refractivity contribution in [2.75, 3.05) is 13.4 Å². The zero-order valence-electron chi connectivity index (χ0n) is 17.4. The molecule has 0 saturated carbocycles. The molecule has 0 radical (unpaired) electrons. The van der Waals surface area contributed by atoms with E-state index in [1.165, 1.54) is 11.5 Å². The van der Waals surface area contributed by atoms with Crippen molar-refractivity contribution in [3.8, 4) is 17.0 Å². The summed E-state index contributed by atoms with van der Waals surface area (Å²) in [5.41, 5.74) is 3.12. The summed E-state index contributed by atoms with van der Waals surface area (Å²) in [5, 5.41) is 8.24. The topological polar surface area (TPSA) is 130 Å². The van der Waals surface area contributed by atoms with Gasteiger partial charge in [0.05, 0.1) is 7.11 Å². The Labute approximate surface area is 179 Å². The van der Waals surface area contributed by atoms with Crippen molar-refractivity contribution in [1.29, 1.82) is 0 Å². The number of benzene rings is 1. The second kappa shape index (κ2) is 8.48. The van der Waals surface area contributed by atoms with Crippen molar-refractivity contribution >= 4 is 26.5 Å². The van der Waals surface area contributed by atoms with Crippen LogP contribution in [-0.4, -0.2) is 47.2 Å². The lowest BCUT2D eigenvalue weighted by molar-refractivity contribution is -0.131. The van der Waals surface area contributed by atoms with E-state index in [-0.39, 0.29) is 18.5 Å². The number of ether oxygens (including phenoxy) is 1. The molecule has 9 nitrogen and oxygen atoms in total. The predicted molar refractivity (Wildman–Crippen MR) is 118 cm³/mol. The average molecular weight is 447 g/mol. The van der Waals surface area contributed by atoms with Gasteiger partial charge in [0.15, 0.2) is 14.6 Å². The van der Waals surface area contributed by atoms with E-state index >= 15 is 0 Å². The number of nitrogens with one attached hydrogen (secondary N) is 1. The van der Waals surface area contributed by atoms with Crippen LogP contribution in [0.4, 0.5) is 0 Å². The quantitative estimate of drug-likeness (QED) is 0.426. The van der Waals surface area contributed by atoms with Crippen LogP contribution in [0.2, 0.25) is 0 Å². The van der Waals surface area contributed by atoms with Crippen molar-refractivity contribution in [1.82, 2.24) is 15.0 Å². The summed E-state index contributed by atoms with van der Waals surface area (Å²) in [6.45, 7) is 1.27. The molecule has 0 unspecified atom stereocenters. The van der Waals surface area contributed by atoms with Gasteiger partial charge in [-0.25, -0.2) is 13.4 Å². The fourth-order valence-corrected chi connectivity index (χ4v) is 4.10. The Morgan fingerprint density at radius 3 is 2.52 bits per heavy atom. The van der Waals surface area contributed by atoms with Crippen molar-refractivity contribution in [2.45, 2.75) is 24.6 Å². The molecule has 3 rings (SSSR count). The van der Waals surface area contributed by atoms with E-state index in [9.17, 15) is 18.0 Å². The highest BCUT2D eigenvalue weighted by atomic mass is 32.2. The predicted octanol–water partition coefficient (Wildman–Crippen LogP) is 1.02. The maximum Gasteiger partial charge on any atom is 0.304 e. The minimum absolute atomic E-state index is 0.00984. The first-order chi connectivity index (χ1) is 14.6. The Balaban J connectivity index is 1.92. The summed E-state index contributed by atoms with van der Waals surface area (Å²) >= 11 is 0. The Morgan fingerprint density at radius 2 is 1.94 bits per heavy atom. The molecule has 3 N–H and O–H groups in total. The van der Waals surface area contributed by atoms with Gasteiger partial charge in [0.25, 0.3) is 5.56 Å². The Hall–Kier alpha value is -3.24. The lowest BCUT2D eigenvalue weighted by atomic mass is 10.0. The van der Waals surface area contributed by atoms with Gasteiger partial charge in [-0.3, -0.25) is 9.59 Å². The summed E-state index contributed by atoms with van der Waals surface area (Å²) in [4.78, 5) is 29.1. The number of carbonyl (C=O) groups excluding carboxylic acids is 1. The summed E-state index contributed by atoms with van der Waals surface area (Å²) in [6, 6.07) is 10.8. The highest BCUT2D eigenvalue weighted by Gasteiger charge is 2.44. The van der Waals surface area contributed by atoms with E-state index in [1.807, 2.05) is 18.2 Å². The van der Waals surface area contributed by atoms with Crippen LogP contribution in [-0.2, 0) is 21.2 Å². The molecule has 2 aromatic heterocycles. The normalized spacial score (nSPS) is 13.5. The Kier molecular flexibility index (Phi) is 6.14. The van der Waals surface area contributed by atoms with Crippen molar-refractivity contribution < 1.29 is 23.2 Å². The van der Waals surface area contributed by atoms with Gasteiger partial charge >= 0.3 is 5.91 Å². The van der Waals surface area contributed by atoms with Crippen LogP contribution < -0.4 is 15.8 Å². The first-order valence-electron chi connectivity index (χ1n) is 9.41. The number of amides is 1. The number of carbonyl (C=O) groups is 1. The molecule has 1 aromatic carbocycles. The molecule has 10 heteroatoms. The number of hydrogen-bond donors (Lipinski definition) is 1. The number of pyridine rings is 2. The van der Waals surface area contributed by atoms with Gasteiger partial charge in [0, 0.05) is 42.2 Å². The molecule has 164 valence electrons. The van der Waals surface area contributed by atoms with Gasteiger partial charge in [0.1, 0.15) is 0 Å². The van der Waals surface area contributed by atoms with Crippen LogP contribution in [0.15, 0.2) is 53.6 Å². The van der Waals surface area contributed by atoms with Gasteiger partial charge in [-0.2, -0.15) is 0 Å². The van der Waals surface area contributed by atoms with Gasteiger partial charge in [-0.15, -0.1) is 5.48 Å². The van der Waals surface area contributed by atoms with E-state index in [4.69, 9.17) is 9.94 Å². The van der Waals surface area contributed by atoms with Gasteiger partial charge in [0.2, 0.25) is 5.88 Å². The van der Waals surface area contributed by atoms with Gasteiger partial charge in [-0.05, 0) is 48.6 Å². The molecule has 0 bridgehead atoms. The molecule has 0 aliphatic heterocycles. The SMILES string of the molecule is COc1ccc(-c2ccc3c(=O)n(CC[C@](C)(C(=O)N[OH2+])S(C)(=O)=O)ccc3c2)cn1. The summed E-state index contributed by atoms with van der Waals surface area (Å²) in [7, 11) is -2.26. The first-order valence-corrected chi connectivity index (χ1v) is 11.3. The Bertz CT molecular complexity index is 1280. The van der Waals surface area contributed by atoms with E-state index < -0.39 is 20.5 Å². The number of aryl methyl sites for hydroxylation is 1. The van der Waals surface area contributed by atoms with Crippen LogP contribution >= 0.6 is 0 Å². The lowest BCUT2D eigenvalue weighted by Crippen LogP contribution is -2.49. The molecule has 0 spiro atoms. The molecule has 0 aliphatic carbocycles. The molecule has 1 amide bonds.